The third-order valence-corrected chi connectivity index (χ3v) is 1.13. The summed E-state index contributed by atoms with van der Waals surface area (Å²) in [5, 5.41) is 8.19. The molecule has 5 N–H and O–H groups in total. The van der Waals surface area contributed by atoms with E-state index in [-0.39, 0.29) is 18.2 Å². The second-order valence-corrected chi connectivity index (χ2v) is 1.89. The van der Waals surface area contributed by atoms with Gasteiger partial charge >= 0.3 is 0 Å². The van der Waals surface area contributed by atoms with Gasteiger partial charge < -0.3 is 16.4 Å². The Bertz CT molecular complexity index is 242. The van der Waals surface area contributed by atoms with Crippen LogP contribution in [-0.2, 0) is 0 Å². The van der Waals surface area contributed by atoms with Gasteiger partial charge in [-0.3, -0.25) is 0 Å². The second-order valence-electron chi connectivity index (χ2n) is 1.89. The van der Waals surface area contributed by atoms with Crippen LogP contribution in [0.2, 0.25) is 0 Å². The molecule has 0 unspecified atom stereocenters. The normalized spacial score (nSPS) is 8.45. The van der Waals surface area contributed by atoms with Gasteiger partial charge in [-0.25, -0.2) is 5.26 Å². The minimum absolute atomic E-state index is 0. The van der Waals surface area contributed by atoms with Crippen molar-refractivity contribution in [2.45, 2.75) is 0 Å². The highest BCUT2D eigenvalue weighted by atomic mass is 35.5. The van der Waals surface area contributed by atoms with Crippen LogP contribution in [0.5, 0.6) is 5.75 Å². The molecule has 0 aliphatic carbocycles. The fourth-order valence-electron chi connectivity index (χ4n) is 0.650. The molecular weight excluding hydrogens is 168 g/mol. The first-order valence-corrected chi connectivity index (χ1v) is 2.70. The summed E-state index contributed by atoms with van der Waals surface area (Å²) in [6.45, 7) is 0. The van der Waals surface area contributed by atoms with Gasteiger partial charge in [-0.1, -0.05) is 0 Å². The molecule has 5 heteroatoms. The number of benzene rings is 1. The Kier molecular flexibility index (Phi) is 3.50. The van der Waals surface area contributed by atoms with Gasteiger partial charge in [0.15, 0.2) is 5.75 Å². The van der Waals surface area contributed by atoms with Gasteiger partial charge in [0.05, 0.1) is 5.69 Å². The quantitative estimate of drug-likeness (QED) is 0.340. The highest BCUT2D eigenvalue weighted by molar-refractivity contribution is 5.85. The van der Waals surface area contributed by atoms with Crippen molar-refractivity contribution in [1.29, 1.82) is 0 Å². The SMILES string of the molecule is Cl.Nc1ccc(OO)c(N)c1. The van der Waals surface area contributed by atoms with Gasteiger partial charge in [0.2, 0.25) is 0 Å². The molecular formula is C6H9ClN2O2. The average Bonchev–Trinajstić information content (AvgIpc) is 1.88. The summed E-state index contributed by atoms with van der Waals surface area (Å²) in [5.74, 6) is 0.217. The number of nitrogen functional groups attached to an aromatic ring is 2. The molecule has 1 rings (SSSR count). The van der Waals surface area contributed by atoms with E-state index in [2.05, 4.69) is 4.89 Å². The predicted octanol–water partition coefficient (Wildman–Crippen LogP) is 1.12. The van der Waals surface area contributed by atoms with Crippen LogP contribution in [0.4, 0.5) is 11.4 Å². The Balaban J connectivity index is 0.000001000. The number of hydrogen-bond donors (Lipinski definition) is 3. The summed E-state index contributed by atoms with van der Waals surface area (Å²) in [6, 6.07) is 4.58. The van der Waals surface area contributed by atoms with Crippen molar-refractivity contribution >= 4 is 23.8 Å². The van der Waals surface area contributed by atoms with Crippen molar-refractivity contribution in [2.75, 3.05) is 11.5 Å². The van der Waals surface area contributed by atoms with Crippen LogP contribution in [0.1, 0.15) is 0 Å². The van der Waals surface area contributed by atoms with Gasteiger partial charge in [0.1, 0.15) is 0 Å². The minimum atomic E-state index is 0. The molecule has 11 heavy (non-hydrogen) atoms. The maximum absolute atomic E-state index is 8.19. The number of nitrogens with two attached hydrogens (primary N) is 2. The number of halogens is 1. The van der Waals surface area contributed by atoms with Crippen molar-refractivity contribution < 1.29 is 10.1 Å². The molecule has 0 aliphatic rings. The maximum atomic E-state index is 8.19. The van der Waals surface area contributed by atoms with Crippen LogP contribution in [-0.4, -0.2) is 5.26 Å². The summed E-state index contributed by atoms with van der Waals surface area (Å²) in [4.78, 5) is 3.92. The zero-order valence-electron chi connectivity index (χ0n) is 5.65. The van der Waals surface area contributed by atoms with Gasteiger partial charge in [-0.05, 0) is 18.2 Å². The number of hydrogen-bond acceptors (Lipinski definition) is 4. The number of anilines is 2. The van der Waals surface area contributed by atoms with E-state index in [1.807, 2.05) is 0 Å². The first-order chi connectivity index (χ1) is 4.74. The molecule has 0 amide bonds. The zero-order valence-corrected chi connectivity index (χ0v) is 6.47. The minimum Gasteiger partial charge on any atom is -0.399 e. The first kappa shape index (κ1) is 9.87. The molecule has 0 atom stereocenters. The largest absolute Gasteiger partial charge is 0.399 e. The van der Waals surface area contributed by atoms with Crippen LogP contribution in [0.25, 0.3) is 0 Å². The number of rotatable bonds is 1. The Morgan fingerprint density at radius 1 is 1.27 bits per heavy atom. The molecule has 4 nitrogen and oxygen atoms in total. The molecule has 1 aromatic rings. The molecule has 0 saturated heterocycles. The molecule has 0 aliphatic heterocycles. The lowest BCUT2D eigenvalue weighted by Crippen LogP contribution is -1.94. The summed E-state index contributed by atoms with van der Waals surface area (Å²) in [7, 11) is 0. The van der Waals surface area contributed by atoms with Crippen molar-refractivity contribution in [1.82, 2.24) is 0 Å². The Morgan fingerprint density at radius 2 is 1.91 bits per heavy atom. The van der Waals surface area contributed by atoms with E-state index in [0.717, 1.165) is 0 Å². The fourth-order valence-corrected chi connectivity index (χ4v) is 0.650. The molecule has 1 aromatic carbocycles. The Morgan fingerprint density at radius 3 is 2.36 bits per heavy atom. The second kappa shape index (κ2) is 3.90. The van der Waals surface area contributed by atoms with Crippen LogP contribution in [0, 0.1) is 0 Å². The third-order valence-electron chi connectivity index (χ3n) is 1.13. The first-order valence-electron chi connectivity index (χ1n) is 2.70. The average molecular weight is 177 g/mol. The van der Waals surface area contributed by atoms with Gasteiger partial charge in [-0.2, -0.15) is 0 Å². The van der Waals surface area contributed by atoms with Crippen molar-refractivity contribution in [3.05, 3.63) is 18.2 Å². The summed E-state index contributed by atoms with van der Waals surface area (Å²) in [5.41, 5.74) is 11.6. The van der Waals surface area contributed by atoms with Crippen LogP contribution in [0.15, 0.2) is 18.2 Å². The van der Waals surface area contributed by atoms with Gasteiger partial charge in [0, 0.05) is 5.69 Å². The Labute approximate surface area is 70.1 Å². The lowest BCUT2D eigenvalue weighted by Gasteiger charge is -2.00. The van der Waals surface area contributed by atoms with E-state index in [0.29, 0.717) is 11.4 Å². The van der Waals surface area contributed by atoms with E-state index in [9.17, 15) is 0 Å². The topological polar surface area (TPSA) is 81.5 Å². The van der Waals surface area contributed by atoms with Crippen LogP contribution >= 0.6 is 12.4 Å². The van der Waals surface area contributed by atoms with Crippen LogP contribution < -0.4 is 16.4 Å². The van der Waals surface area contributed by atoms with Gasteiger partial charge in [0.25, 0.3) is 0 Å². The highest BCUT2D eigenvalue weighted by Gasteiger charge is 1.97. The zero-order chi connectivity index (χ0) is 7.56. The maximum Gasteiger partial charge on any atom is 0.188 e. The standard InChI is InChI=1S/C6H8N2O2.ClH/c7-4-1-2-6(10-9)5(8)3-4;/h1-3,9H,7-8H2;1H. The van der Waals surface area contributed by atoms with Gasteiger partial charge in [-0.15, -0.1) is 12.4 Å². The molecule has 0 radical (unpaired) electrons. The molecule has 0 saturated carbocycles. The third kappa shape index (κ3) is 2.18. The molecule has 0 aromatic heterocycles. The summed E-state index contributed by atoms with van der Waals surface area (Å²) >= 11 is 0. The van der Waals surface area contributed by atoms with E-state index in [1.54, 1.807) is 6.07 Å². The van der Waals surface area contributed by atoms with Crippen molar-refractivity contribution in [2.24, 2.45) is 0 Å². The van der Waals surface area contributed by atoms with Crippen LogP contribution in [0.3, 0.4) is 0 Å². The molecule has 0 bridgehead atoms. The molecule has 0 spiro atoms. The van der Waals surface area contributed by atoms with Crippen molar-refractivity contribution in [3.63, 3.8) is 0 Å². The predicted molar refractivity (Wildman–Crippen MR) is 45.8 cm³/mol. The lowest BCUT2D eigenvalue weighted by molar-refractivity contribution is -0.136. The fraction of sp³-hybridized carbons (Fsp3) is 0. The highest BCUT2D eigenvalue weighted by Crippen LogP contribution is 2.22. The molecule has 0 fully saturated rings. The van der Waals surface area contributed by atoms with E-state index >= 15 is 0 Å². The van der Waals surface area contributed by atoms with Crippen molar-refractivity contribution in [3.8, 4) is 5.75 Å². The molecule has 62 valence electrons. The Hall–Kier alpha value is -1.13. The monoisotopic (exact) mass is 176 g/mol. The van der Waals surface area contributed by atoms with E-state index in [4.69, 9.17) is 16.7 Å². The van der Waals surface area contributed by atoms with E-state index in [1.165, 1.54) is 12.1 Å². The lowest BCUT2D eigenvalue weighted by atomic mass is 10.3. The summed E-state index contributed by atoms with van der Waals surface area (Å²) < 4.78 is 0. The summed E-state index contributed by atoms with van der Waals surface area (Å²) in [6.07, 6.45) is 0. The molecule has 0 heterocycles. The smallest absolute Gasteiger partial charge is 0.188 e. The van der Waals surface area contributed by atoms with E-state index < -0.39 is 0 Å².